The van der Waals surface area contributed by atoms with Crippen LogP contribution in [0.2, 0.25) is 10.0 Å². The Morgan fingerprint density at radius 1 is 1.21 bits per heavy atom. The summed E-state index contributed by atoms with van der Waals surface area (Å²) in [6, 6.07) is 12.6. The van der Waals surface area contributed by atoms with Crippen LogP contribution in [0.1, 0.15) is 10.6 Å². The summed E-state index contributed by atoms with van der Waals surface area (Å²) in [7, 11) is 0. The number of nitrogens with one attached hydrogen (secondary N) is 1. The molecular formula is C17H12Cl2N2O2S. The van der Waals surface area contributed by atoms with E-state index in [9.17, 15) is 4.79 Å². The third-order valence-corrected chi connectivity index (χ3v) is 4.74. The Balaban J connectivity index is 1.61. The van der Waals surface area contributed by atoms with Crippen LogP contribution in [-0.2, 0) is 11.2 Å². The summed E-state index contributed by atoms with van der Waals surface area (Å²) < 4.78 is 5.65. The van der Waals surface area contributed by atoms with Gasteiger partial charge in [0.2, 0.25) is 5.91 Å². The van der Waals surface area contributed by atoms with Crippen LogP contribution in [0.25, 0.3) is 11.3 Å². The molecule has 0 unspecified atom stereocenters. The molecule has 1 N–H and O–H groups in total. The van der Waals surface area contributed by atoms with Gasteiger partial charge in [0, 0.05) is 10.4 Å². The second-order valence-electron chi connectivity index (χ2n) is 4.88. The fourth-order valence-electron chi connectivity index (χ4n) is 2.01. The Morgan fingerprint density at radius 3 is 2.83 bits per heavy atom. The summed E-state index contributed by atoms with van der Waals surface area (Å²) in [5.41, 5.74) is 3.28. The molecule has 0 atom stereocenters. The minimum Gasteiger partial charge on any atom is -0.455 e. The zero-order valence-electron chi connectivity index (χ0n) is 12.3. The fourth-order valence-corrected chi connectivity index (χ4v) is 3.01. The normalized spacial score (nSPS) is 11.1. The van der Waals surface area contributed by atoms with Gasteiger partial charge in [-0.15, -0.1) is 11.3 Å². The maximum Gasteiger partial charge on any atom is 0.245 e. The molecule has 0 saturated heterocycles. The summed E-state index contributed by atoms with van der Waals surface area (Å²) >= 11 is 13.4. The SMILES string of the molecule is O=C(Cc1cccs1)N/N=C/c1ccc(-c2ccc(Cl)c(Cl)c2)o1. The number of rotatable bonds is 5. The number of benzene rings is 1. The summed E-state index contributed by atoms with van der Waals surface area (Å²) in [4.78, 5) is 12.7. The van der Waals surface area contributed by atoms with Gasteiger partial charge in [0.15, 0.2) is 0 Å². The highest BCUT2D eigenvalue weighted by Crippen LogP contribution is 2.29. The molecule has 3 rings (SSSR count). The Kier molecular flexibility index (Phi) is 5.35. The van der Waals surface area contributed by atoms with E-state index in [2.05, 4.69) is 10.5 Å². The van der Waals surface area contributed by atoms with E-state index >= 15 is 0 Å². The van der Waals surface area contributed by atoms with E-state index in [0.29, 0.717) is 28.0 Å². The molecule has 7 heteroatoms. The van der Waals surface area contributed by atoms with Gasteiger partial charge in [-0.05, 0) is 41.8 Å². The molecule has 24 heavy (non-hydrogen) atoms. The molecule has 0 bridgehead atoms. The lowest BCUT2D eigenvalue weighted by atomic mass is 10.2. The van der Waals surface area contributed by atoms with Crippen LogP contribution < -0.4 is 5.43 Å². The largest absolute Gasteiger partial charge is 0.455 e. The second-order valence-corrected chi connectivity index (χ2v) is 6.73. The van der Waals surface area contributed by atoms with E-state index in [4.69, 9.17) is 27.6 Å². The van der Waals surface area contributed by atoms with E-state index in [1.54, 1.807) is 24.3 Å². The monoisotopic (exact) mass is 378 g/mol. The van der Waals surface area contributed by atoms with Gasteiger partial charge in [0.05, 0.1) is 22.7 Å². The molecule has 1 aromatic carbocycles. The van der Waals surface area contributed by atoms with Crippen molar-refractivity contribution in [3.8, 4) is 11.3 Å². The first-order valence-corrected chi connectivity index (χ1v) is 8.65. The van der Waals surface area contributed by atoms with Crippen LogP contribution in [0.15, 0.2) is 57.4 Å². The molecule has 3 aromatic rings. The van der Waals surface area contributed by atoms with Crippen molar-refractivity contribution in [2.24, 2.45) is 5.10 Å². The lowest BCUT2D eigenvalue weighted by Gasteiger charge is -1.99. The molecular weight excluding hydrogens is 367 g/mol. The number of carbonyl (C=O) groups excluding carboxylic acids is 1. The van der Waals surface area contributed by atoms with E-state index < -0.39 is 0 Å². The van der Waals surface area contributed by atoms with Gasteiger partial charge in [0.25, 0.3) is 0 Å². The molecule has 0 aliphatic carbocycles. The van der Waals surface area contributed by atoms with E-state index in [0.717, 1.165) is 10.4 Å². The van der Waals surface area contributed by atoms with Crippen molar-refractivity contribution in [3.05, 3.63) is 68.5 Å². The number of nitrogens with zero attached hydrogens (tertiary/aromatic N) is 1. The molecule has 2 heterocycles. The van der Waals surface area contributed by atoms with Crippen molar-refractivity contribution in [2.45, 2.75) is 6.42 Å². The van der Waals surface area contributed by atoms with Gasteiger partial charge in [-0.1, -0.05) is 29.3 Å². The smallest absolute Gasteiger partial charge is 0.245 e. The summed E-state index contributed by atoms with van der Waals surface area (Å²) in [5.74, 6) is 0.984. The average molecular weight is 379 g/mol. The summed E-state index contributed by atoms with van der Waals surface area (Å²) in [6.07, 6.45) is 1.76. The van der Waals surface area contributed by atoms with Gasteiger partial charge in [-0.3, -0.25) is 4.79 Å². The van der Waals surface area contributed by atoms with Crippen molar-refractivity contribution in [3.63, 3.8) is 0 Å². The molecule has 0 radical (unpaired) electrons. The fraction of sp³-hybridized carbons (Fsp3) is 0.0588. The molecule has 0 aliphatic heterocycles. The van der Waals surface area contributed by atoms with Gasteiger partial charge in [-0.25, -0.2) is 5.43 Å². The number of amides is 1. The van der Waals surface area contributed by atoms with Gasteiger partial charge in [0.1, 0.15) is 11.5 Å². The minimum atomic E-state index is -0.176. The number of halogens is 2. The maximum atomic E-state index is 11.7. The topological polar surface area (TPSA) is 54.6 Å². The highest BCUT2D eigenvalue weighted by molar-refractivity contribution is 7.10. The van der Waals surface area contributed by atoms with E-state index in [1.165, 1.54) is 17.6 Å². The van der Waals surface area contributed by atoms with Crippen molar-refractivity contribution >= 4 is 46.7 Å². The number of hydrogen-bond acceptors (Lipinski definition) is 4. The molecule has 0 spiro atoms. The highest BCUT2D eigenvalue weighted by Gasteiger charge is 2.07. The number of hydrogen-bond donors (Lipinski definition) is 1. The third kappa shape index (κ3) is 4.26. The third-order valence-electron chi connectivity index (χ3n) is 3.13. The van der Waals surface area contributed by atoms with Crippen LogP contribution >= 0.6 is 34.5 Å². The Bertz CT molecular complexity index is 873. The standard InChI is InChI=1S/C17H12Cl2N2O2S/c18-14-5-3-11(8-15(14)19)16-6-4-12(23-16)10-20-21-17(22)9-13-2-1-7-24-13/h1-8,10H,9H2,(H,21,22)/b20-10+. The highest BCUT2D eigenvalue weighted by atomic mass is 35.5. The molecule has 0 fully saturated rings. The molecule has 2 aromatic heterocycles. The van der Waals surface area contributed by atoms with Gasteiger partial charge >= 0.3 is 0 Å². The van der Waals surface area contributed by atoms with E-state index in [-0.39, 0.29) is 5.91 Å². The second kappa shape index (κ2) is 7.66. The number of hydrazone groups is 1. The predicted octanol–water partition coefficient (Wildman–Crippen LogP) is 5.01. The summed E-state index contributed by atoms with van der Waals surface area (Å²) in [6.45, 7) is 0. The van der Waals surface area contributed by atoms with Crippen LogP contribution in [0.4, 0.5) is 0 Å². The van der Waals surface area contributed by atoms with Crippen LogP contribution in [0, 0.1) is 0 Å². The quantitative estimate of drug-likeness (QED) is 0.501. The zero-order chi connectivity index (χ0) is 16.9. The first-order valence-electron chi connectivity index (χ1n) is 7.01. The number of furan rings is 1. The minimum absolute atomic E-state index is 0.176. The van der Waals surface area contributed by atoms with Crippen molar-refractivity contribution < 1.29 is 9.21 Å². The van der Waals surface area contributed by atoms with E-state index in [1.807, 2.05) is 23.6 Å². The lowest BCUT2D eigenvalue weighted by molar-refractivity contribution is -0.120. The van der Waals surface area contributed by atoms with Crippen LogP contribution in [0.5, 0.6) is 0 Å². The zero-order valence-corrected chi connectivity index (χ0v) is 14.7. The predicted molar refractivity (Wildman–Crippen MR) is 97.9 cm³/mol. The number of carbonyl (C=O) groups is 1. The first-order chi connectivity index (χ1) is 11.6. The molecule has 0 saturated carbocycles. The summed E-state index contributed by atoms with van der Waals surface area (Å²) in [5, 5.41) is 6.78. The average Bonchev–Trinajstić information content (AvgIpc) is 3.22. The first kappa shape index (κ1) is 16.8. The van der Waals surface area contributed by atoms with Crippen molar-refractivity contribution in [1.82, 2.24) is 5.43 Å². The lowest BCUT2D eigenvalue weighted by Crippen LogP contribution is -2.19. The van der Waals surface area contributed by atoms with Gasteiger partial charge in [-0.2, -0.15) is 5.10 Å². The van der Waals surface area contributed by atoms with Gasteiger partial charge < -0.3 is 4.42 Å². The number of thiophene rings is 1. The molecule has 0 aliphatic rings. The molecule has 4 nitrogen and oxygen atoms in total. The Labute approximate surface area is 152 Å². The molecule has 1 amide bonds. The van der Waals surface area contributed by atoms with Crippen LogP contribution in [-0.4, -0.2) is 12.1 Å². The maximum absolute atomic E-state index is 11.7. The van der Waals surface area contributed by atoms with Crippen LogP contribution in [0.3, 0.4) is 0 Å². The Hall–Kier alpha value is -2.08. The Morgan fingerprint density at radius 2 is 2.08 bits per heavy atom. The molecule has 122 valence electrons. The van der Waals surface area contributed by atoms with Crippen molar-refractivity contribution in [1.29, 1.82) is 0 Å². The van der Waals surface area contributed by atoms with Crippen molar-refractivity contribution in [2.75, 3.05) is 0 Å².